The van der Waals surface area contributed by atoms with E-state index >= 15 is 0 Å². The standard InChI is InChI=1S/C33H32Cl3N3O4S/c1-2-20-37-33(41)30(21-24-10-5-3-6-11-24)38(22-25-16-18-26(34)19-17-25)31(40)23-39(29-15-9-14-28(35)32(29)36)44(42,43)27-12-7-4-8-13-27/h3-19,30H,2,20-23H2,1H3,(H,37,41)/t30-/m1/s1. The summed E-state index contributed by atoms with van der Waals surface area (Å²) in [6.45, 7) is 1.73. The quantitative estimate of drug-likeness (QED) is 0.166. The van der Waals surface area contributed by atoms with Gasteiger partial charge in [-0.3, -0.25) is 13.9 Å². The number of rotatable bonds is 13. The van der Waals surface area contributed by atoms with Gasteiger partial charge in [-0.25, -0.2) is 8.42 Å². The van der Waals surface area contributed by atoms with Gasteiger partial charge >= 0.3 is 0 Å². The second-order valence-electron chi connectivity index (χ2n) is 10.0. The molecule has 0 unspecified atom stereocenters. The number of carbonyl (C=O) groups is 2. The zero-order valence-corrected chi connectivity index (χ0v) is 27.1. The monoisotopic (exact) mass is 671 g/mol. The summed E-state index contributed by atoms with van der Waals surface area (Å²) in [5.74, 6) is -0.959. The molecule has 1 atom stereocenters. The average molecular weight is 673 g/mol. The van der Waals surface area contributed by atoms with Gasteiger partial charge in [0, 0.05) is 24.5 Å². The van der Waals surface area contributed by atoms with Crippen molar-refractivity contribution in [3.63, 3.8) is 0 Å². The molecule has 0 aliphatic carbocycles. The second kappa shape index (κ2) is 15.4. The Kier molecular flexibility index (Phi) is 11.7. The van der Waals surface area contributed by atoms with E-state index in [1.807, 2.05) is 37.3 Å². The van der Waals surface area contributed by atoms with Crippen LogP contribution in [0.15, 0.2) is 108 Å². The lowest BCUT2D eigenvalue weighted by Crippen LogP contribution is -2.53. The average Bonchev–Trinajstić information content (AvgIpc) is 3.03. The molecule has 4 aromatic rings. The van der Waals surface area contributed by atoms with Crippen LogP contribution in [0.4, 0.5) is 5.69 Å². The van der Waals surface area contributed by atoms with E-state index in [4.69, 9.17) is 34.8 Å². The van der Waals surface area contributed by atoms with E-state index in [2.05, 4.69) is 5.32 Å². The van der Waals surface area contributed by atoms with Gasteiger partial charge in [-0.2, -0.15) is 0 Å². The van der Waals surface area contributed by atoms with Crippen molar-refractivity contribution in [3.05, 3.63) is 129 Å². The van der Waals surface area contributed by atoms with Crippen molar-refractivity contribution in [1.82, 2.24) is 10.2 Å². The third kappa shape index (κ3) is 8.33. The van der Waals surface area contributed by atoms with E-state index in [1.165, 1.54) is 29.2 Å². The number of benzene rings is 4. The normalized spacial score (nSPS) is 11.9. The smallest absolute Gasteiger partial charge is 0.264 e. The maximum atomic E-state index is 14.4. The molecule has 11 heteroatoms. The summed E-state index contributed by atoms with van der Waals surface area (Å²) in [5, 5.41) is 3.54. The van der Waals surface area contributed by atoms with Gasteiger partial charge in [-0.1, -0.05) is 108 Å². The Morgan fingerprint density at radius 1 is 0.795 bits per heavy atom. The van der Waals surface area contributed by atoms with Gasteiger partial charge in [-0.15, -0.1) is 0 Å². The maximum absolute atomic E-state index is 14.4. The van der Waals surface area contributed by atoms with E-state index < -0.39 is 28.5 Å². The number of hydrogen-bond acceptors (Lipinski definition) is 4. The van der Waals surface area contributed by atoms with Crippen LogP contribution in [0, 0.1) is 0 Å². The number of carbonyl (C=O) groups excluding carboxylic acids is 2. The van der Waals surface area contributed by atoms with Crippen molar-refractivity contribution in [1.29, 1.82) is 0 Å². The molecule has 0 saturated carbocycles. The number of nitrogens with one attached hydrogen (secondary N) is 1. The molecule has 7 nitrogen and oxygen atoms in total. The van der Waals surface area contributed by atoms with Gasteiger partial charge in [0.05, 0.1) is 20.6 Å². The molecule has 4 aromatic carbocycles. The molecular weight excluding hydrogens is 641 g/mol. The van der Waals surface area contributed by atoms with Crippen LogP contribution in [0.25, 0.3) is 0 Å². The summed E-state index contributed by atoms with van der Waals surface area (Å²) >= 11 is 18.9. The molecule has 230 valence electrons. The fourth-order valence-electron chi connectivity index (χ4n) is 4.62. The first-order valence-corrected chi connectivity index (χ1v) is 16.6. The highest BCUT2D eigenvalue weighted by molar-refractivity contribution is 7.92. The second-order valence-corrected chi connectivity index (χ2v) is 13.1. The highest BCUT2D eigenvalue weighted by Gasteiger charge is 2.35. The molecule has 0 fully saturated rings. The van der Waals surface area contributed by atoms with Crippen LogP contribution in [0.2, 0.25) is 15.1 Å². The van der Waals surface area contributed by atoms with Crippen molar-refractivity contribution >= 4 is 62.3 Å². The minimum atomic E-state index is -4.29. The van der Waals surface area contributed by atoms with Crippen LogP contribution < -0.4 is 9.62 Å². The molecule has 44 heavy (non-hydrogen) atoms. The van der Waals surface area contributed by atoms with Crippen molar-refractivity contribution in [2.45, 2.75) is 37.2 Å². The van der Waals surface area contributed by atoms with Gasteiger partial charge in [0.1, 0.15) is 12.6 Å². The van der Waals surface area contributed by atoms with Crippen LogP contribution in [0.3, 0.4) is 0 Å². The Morgan fingerprint density at radius 2 is 1.43 bits per heavy atom. The summed E-state index contributed by atoms with van der Waals surface area (Å²) in [5.41, 5.74) is 1.59. The number of sulfonamides is 1. The fraction of sp³-hybridized carbons (Fsp3) is 0.212. The SMILES string of the molecule is CCCNC(=O)[C@@H](Cc1ccccc1)N(Cc1ccc(Cl)cc1)C(=O)CN(c1cccc(Cl)c1Cl)S(=O)(=O)c1ccccc1. The lowest BCUT2D eigenvalue weighted by molar-refractivity contribution is -0.140. The van der Waals surface area contributed by atoms with Crippen LogP contribution >= 0.6 is 34.8 Å². The van der Waals surface area contributed by atoms with E-state index in [-0.39, 0.29) is 39.5 Å². The highest BCUT2D eigenvalue weighted by atomic mass is 35.5. The maximum Gasteiger partial charge on any atom is 0.264 e. The zero-order valence-electron chi connectivity index (χ0n) is 24.0. The summed E-state index contributed by atoms with van der Waals surface area (Å²) in [6.07, 6.45) is 0.907. The largest absolute Gasteiger partial charge is 0.354 e. The molecule has 2 amide bonds. The zero-order chi connectivity index (χ0) is 31.7. The third-order valence-electron chi connectivity index (χ3n) is 6.90. The van der Waals surface area contributed by atoms with Crippen molar-refractivity contribution in [2.75, 3.05) is 17.4 Å². The molecule has 0 radical (unpaired) electrons. The first-order chi connectivity index (χ1) is 21.1. The highest BCUT2D eigenvalue weighted by Crippen LogP contribution is 2.35. The van der Waals surface area contributed by atoms with E-state index in [0.717, 1.165) is 9.87 Å². The Bertz CT molecular complexity index is 1670. The fourth-order valence-corrected chi connectivity index (χ4v) is 6.65. The lowest BCUT2D eigenvalue weighted by atomic mass is 10.0. The Morgan fingerprint density at radius 3 is 2.07 bits per heavy atom. The molecule has 1 N–H and O–H groups in total. The Hall–Kier alpha value is -3.56. The number of nitrogens with zero attached hydrogens (tertiary/aromatic N) is 2. The molecule has 0 spiro atoms. The van der Waals surface area contributed by atoms with Gasteiger partial charge < -0.3 is 10.2 Å². The van der Waals surface area contributed by atoms with Crippen molar-refractivity contribution in [2.24, 2.45) is 0 Å². The number of halogens is 3. The van der Waals surface area contributed by atoms with Gasteiger partial charge in [0.25, 0.3) is 10.0 Å². The van der Waals surface area contributed by atoms with Gasteiger partial charge in [0.15, 0.2) is 0 Å². The number of anilines is 1. The first kappa shape index (κ1) is 33.3. The first-order valence-electron chi connectivity index (χ1n) is 14.0. The van der Waals surface area contributed by atoms with Gasteiger partial charge in [-0.05, 0) is 53.9 Å². The summed E-state index contributed by atoms with van der Waals surface area (Å²) < 4.78 is 29.0. The van der Waals surface area contributed by atoms with Crippen molar-refractivity contribution in [3.8, 4) is 0 Å². The predicted octanol–water partition coefficient (Wildman–Crippen LogP) is 7.01. The van der Waals surface area contributed by atoms with E-state index in [0.29, 0.717) is 23.6 Å². The minimum Gasteiger partial charge on any atom is -0.354 e. The minimum absolute atomic E-state index is 0.0211. The molecule has 0 saturated heterocycles. The molecule has 0 aromatic heterocycles. The lowest BCUT2D eigenvalue weighted by Gasteiger charge is -2.34. The molecule has 0 heterocycles. The van der Waals surface area contributed by atoms with E-state index in [9.17, 15) is 18.0 Å². The Labute approximate surface area is 273 Å². The topological polar surface area (TPSA) is 86.8 Å². The molecular formula is C33H32Cl3N3O4S. The van der Waals surface area contributed by atoms with E-state index in [1.54, 1.807) is 48.5 Å². The van der Waals surface area contributed by atoms with Crippen LogP contribution in [-0.4, -0.2) is 44.3 Å². The number of amides is 2. The van der Waals surface area contributed by atoms with Crippen molar-refractivity contribution < 1.29 is 18.0 Å². The summed E-state index contributed by atoms with van der Waals surface area (Å²) in [4.78, 5) is 29.5. The van der Waals surface area contributed by atoms with Gasteiger partial charge in [0.2, 0.25) is 11.8 Å². The third-order valence-corrected chi connectivity index (χ3v) is 9.73. The summed E-state index contributed by atoms with van der Waals surface area (Å²) in [6, 6.07) is 27.6. The Balaban J connectivity index is 1.81. The summed E-state index contributed by atoms with van der Waals surface area (Å²) in [7, 11) is -4.29. The molecule has 0 aliphatic rings. The van der Waals surface area contributed by atoms with Crippen LogP contribution in [0.1, 0.15) is 24.5 Å². The van der Waals surface area contributed by atoms with Crippen LogP contribution in [-0.2, 0) is 32.6 Å². The molecule has 4 rings (SSSR count). The molecule has 0 aliphatic heterocycles. The number of hydrogen-bond donors (Lipinski definition) is 1. The predicted molar refractivity (Wildman–Crippen MR) is 177 cm³/mol. The van der Waals surface area contributed by atoms with Crippen LogP contribution in [0.5, 0.6) is 0 Å². The molecule has 0 bridgehead atoms.